The van der Waals surface area contributed by atoms with Gasteiger partial charge in [0.1, 0.15) is 5.39 Å². The van der Waals surface area contributed by atoms with E-state index in [9.17, 15) is 4.79 Å². The minimum absolute atomic E-state index is 0.0775. The smallest absolute Gasteiger partial charge is 0.278 e. The quantitative estimate of drug-likeness (QED) is 0.422. The van der Waals surface area contributed by atoms with Crippen LogP contribution in [0, 0.1) is 0 Å². The molecule has 5 rings (SSSR count). The molecule has 0 atom stereocenters. The van der Waals surface area contributed by atoms with Crippen molar-refractivity contribution >= 4 is 34.3 Å². The second kappa shape index (κ2) is 8.77. The van der Waals surface area contributed by atoms with Crippen LogP contribution >= 0.6 is 11.6 Å². The van der Waals surface area contributed by atoms with E-state index in [1.807, 2.05) is 36.7 Å². The molecule has 0 saturated heterocycles. The number of nitrogens with one attached hydrogen (secondary N) is 2. The van der Waals surface area contributed by atoms with Crippen molar-refractivity contribution in [2.24, 2.45) is 0 Å². The Hall–Kier alpha value is -3.23. The first-order valence-electron chi connectivity index (χ1n) is 11.9. The molecule has 9 heteroatoms. The fraction of sp³-hybridized carbons (Fsp3) is 0.385. The van der Waals surface area contributed by atoms with Gasteiger partial charge in [-0.1, -0.05) is 32.4 Å². The largest absolute Gasteiger partial charge is 0.324 e. The lowest BCUT2D eigenvalue weighted by Gasteiger charge is -2.20. The Morgan fingerprint density at radius 2 is 1.97 bits per heavy atom. The third-order valence-corrected chi connectivity index (χ3v) is 6.62. The summed E-state index contributed by atoms with van der Waals surface area (Å²) in [6, 6.07) is 7.82. The predicted octanol–water partition coefficient (Wildman–Crippen LogP) is 4.90. The average Bonchev–Trinajstić information content (AvgIpc) is 3.10. The van der Waals surface area contributed by atoms with Gasteiger partial charge in [-0.3, -0.25) is 9.78 Å². The highest BCUT2D eigenvalue weighted by atomic mass is 35.5. The summed E-state index contributed by atoms with van der Waals surface area (Å²) in [6.45, 7) is 12.0. The van der Waals surface area contributed by atoms with Gasteiger partial charge in [-0.15, -0.1) is 0 Å². The number of rotatable bonds is 4. The number of nitrogens with zero attached hydrogens (tertiary/aromatic N) is 5. The molecule has 1 aliphatic heterocycles. The minimum atomic E-state index is -0.135. The molecule has 2 N–H and O–H groups in total. The van der Waals surface area contributed by atoms with E-state index in [1.165, 1.54) is 11.1 Å². The first-order chi connectivity index (χ1) is 16.6. The Morgan fingerprint density at radius 1 is 1.17 bits per heavy atom. The molecular weight excluding hydrogens is 462 g/mol. The molecule has 1 aromatic carbocycles. The summed E-state index contributed by atoms with van der Waals surface area (Å²) in [5, 5.41) is 7.87. The topological polar surface area (TPSA) is 89.7 Å². The van der Waals surface area contributed by atoms with Crippen molar-refractivity contribution in [2.45, 2.75) is 59.0 Å². The van der Waals surface area contributed by atoms with E-state index in [2.05, 4.69) is 47.4 Å². The summed E-state index contributed by atoms with van der Waals surface area (Å²) in [6.07, 6.45) is 4.28. The summed E-state index contributed by atoms with van der Waals surface area (Å²) in [5.41, 5.74) is 5.21. The van der Waals surface area contributed by atoms with Crippen LogP contribution in [0.5, 0.6) is 0 Å². The zero-order valence-corrected chi connectivity index (χ0v) is 21.4. The van der Waals surface area contributed by atoms with E-state index >= 15 is 0 Å². The second-order valence-electron chi connectivity index (χ2n) is 10.3. The molecule has 0 fully saturated rings. The molecule has 4 aromatic rings. The Labute approximate surface area is 209 Å². The zero-order valence-electron chi connectivity index (χ0n) is 20.7. The van der Waals surface area contributed by atoms with Gasteiger partial charge in [0, 0.05) is 46.8 Å². The summed E-state index contributed by atoms with van der Waals surface area (Å²) >= 11 is 6.56. The lowest BCUT2D eigenvalue weighted by molar-refractivity contribution is 0.474. The SMILES string of the molecule is CC(C)n1c(=O)c2cnc(Nc3cc(Cl)c4c(c3)CNCC4)nc2n1-c1ccnc(C(C)(C)C)c1. The Kier molecular flexibility index (Phi) is 5.89. The molecule has 0 amide bonds. The fourth-order valence-corrected chi connectivity index (χ4v) is 4.84. The maximum atomic E-state index is 13.3. The van der Waals surface area contributed by atoms with Gasteiger partial charge in [0.25, 0.3) is 5.56 Å². The molecule has 0 radical (unpaired) electrons. The normalized spacial score (nSPS) is 13.9. The van der Waals surface area contributed by atoms with Crippen molar-refractivity contribution in [2.75, 3.05) is 11.9 Å². The van der Waals surface area contributed by atoms with Gasteiger partial charge in [-0.05, 0) is 62.2 Å². The number of pyridine rings is 1. The van der Waals surface area contributed by atoms with Crippen LogP contribution in [0.1, 0.15) is 57.5 Å². The van der Waals surface area contributed by atoms with Gasteiger partial charge < -0.3 is 10.6 Å². The van der Waals surface area contributed by atoms with E-state index in [4.69, 9.17) is 16.6 Å². The number of hydrogen-bond donors (Lipinski definition) is 2. The number of fused-ring (bicyclic) bond motifs is 2. The van der Waals surface area contributed by atoms with E-state index in [1.54, 1.807) is 17.1 Å². The highest BCUT2D eigenvalue weighted by Crippen LogP contribution is 2.29. The van der Waals surface area contributed by atoms with Gasteiger partial charge in [-0.2, -0.15) is 4.98 Å². The van der Waals surface area contributed by atoms with Crippen LogP contribution in [-0.2, 0) is 18.4 Å². The van der Waals surface area contributed by atoms with Crippen LogP contribution in [0.25, 0.3) is 16.7 Å². The molecular formula is C26H30ClN7O. The molecule has 3 aromatic heterocycles. The standard InChI is InChI=1S/C26H30ClN7O/c1-15(2)33-24(35)20-14-30-25(31-17-10-16-13-28-8-7-19(16)21(27)11-17)32-23(20)34(33)18-6-9-29-22(12-18)26(3,4)5/h6,9-12,14-15,28H,7-8,13H2,1-5H3,(H,30,31,32). The van der Waals surface area contributed by atoms with Crippen molar-refractivity contribution in [3.05, 3.63) is 68.9 Å². The lowest BCUT2D eigenvalue weighted by atomic mass is 9.91. The van der Waals surface area contributed by atoms with Gasteiger partial charge >= 0.3 is 0 Å². The van der Waals surface area contributed by atoms with Gasteiger partial charge in [0.2, 0.25) is 5.95 Å². The molecule has 0 bridgehead atoms. The van der Waals surface area contributed by atoms with Crippen LogP contribution in [0.2, 0.25) is 5.02 Å². The summed E-state index contributed by atoms with van der Waals surface area (Å²) in [5.74, 6) is 0.400. The number of benzene rings is 1. The minimum Gasteiger partial charge on any atom is -0.324 e. The molecule has 35 heavy (non-hydrogen) atoms. The Bertz CT molecular complexity index is 1480. The predicted molar refractivity (Wildman–Crippen MR) is 140 cm³/mol. The highest BCUT2D eigenvalue weighted by molar-refractivity contribution is 6.31. The van der Waals surface area contributed by atoms with E-state index in [-0.39, 0.29) is 17.0 Å². The molecule has 0 aliphatic carbocycles. The van der Waals surface area contributed by atoms with E-state index in [0.717, 1.165) is 41.6 Å². The van der Waals surface area contributed by atoms with Crippen molar-refractivity contribution in [1.82, 2.24) is 29.6 Å². The van der Waals surface area contributed by atoms with Crippen LogP contribution < -0.4 is 16.2 Å². The lowest BCUT2D eigenvalue weighted by Crippen LogP contribution is -2.24. The summed E-state index contributed by atoms with van der Waals surface area (Å²) < 4.78 is 3.59. The van der Waals surface area contributed by atoms with Gasteiger partial charge in [0.05, 0.1) is 5.69 Å². The molecule has 0 spiro atoms. The fourth-order valence-electron chi connectivity index (χ4n) is 4.50. The van der Waals surface area contributed by atoms with E-state index < -0.39 is 0 Å². The third-order valence-electron chi connectivity index (χ3n) is 6.28. The molecule has 8 nitrogen and oxygen atoms in total. The third kappa shape index (κ3) is 4.32. The number of halogens is 1. The molecule has 0 unspecified atom stereocenters. The van der Waals surface area contributed by atoms with Crippen LogP contribution in [-0.4, -0.2) is 30.9 Å². The Balaban J connectivity index is 1.64. The number of anilines is 2. The second-order valence-corrected chi connectivity index (χ2v) is 10.7. The van der Waals surface area contributed by atoms with Crippen LogP contribution in [0.3, 0.4) is 0 Å². The summed E-state index contributed by atoms with van der Waals surface area (Å²) in [4.78, 5) is 27.1. The first-order valence-corrected chi connectivity index (χ1v) is 12.3. The van der Waals surface area contributed by atoms with Crippen molar-refractivity contribution in [3.63, 3.8) is 0 Å². The molecule has 1 aliphatic rings. The molecule has 182 valence electrons. The van der Waals surface area contributed by atoms with Crippen molar-refractivity contribution in [1.29, 1.82) is 0 Å². The summed E-state index contributed by atoms with van der Waals surface area (Å²) in [7, 11) is 0. The monoisotopic (exact) mass is 491 g/mol. The maximum Gasteiger partial charge on any atom is 0.278 e. The molecule has 0 saturated carbocycles. The zero-order chi connectivity index (χ0) is 24.9. The van der Waals surface area contributed by atoms with Gasteiger partial charge in [-0.25, -0.2) is 14.3 Å². The first kappa shape index (κ1) is 23.5. The van der Waals surface area contributed by atoms with E-state index in [0.29, 0.717) is 17.0 Å². The van der Waals surface area contributed by atoms with Crippen LogP contribution in [0.4, 0.5) is 11.6 Å². The maximum absolute atomic E-state index is 13.3. The average molecular weight is 492 g/mol. The van der Waals surface area contributed by atoms with Gasteiger partial charge in [0.15, 0.2) is 5.65 Å². The molecule has 4 heterocycles. The van der Waals surface area contributed by atoms with Crippen LogP contribution in [0.15, 0.2) is 41.5 Å². The number of aromatic nitrogens is 5. The highest BCUT2D eigenvalue weighted by Gasteiger charge is 2.22. The Morgan fingerprint density at radius 3 is 2.71 bits per heavy atom. The van der Waals surface area contributed by atoms with Crippen molar-refractivity contribution < 1.29 is 0 Å². The number of hydrogen-bond acceptors (Lipinski definition) is 6. The van der Waals surface area contributed by atoms with Crippen molar-refractivity contribution in [3.8, 4) is 5.69 Å².